The molecule has 5 rings (SSSR count). The van der Waals surface area contributed by atoms with Crippen molar-refractivity contribution in [3.63, 3.8) is 0 Å². The van der Waals surface area contributed by atoms with Gasteiger partial charge in [-0.2, -0.15) is 4.52 Å². The molecule has 8 nitrogen and oxygen atoms in total. The molecule has 0 aliphatic heterocycles. The summed E-state index contributed by atoms with van der Waals surface area (Å²) in [5, 5.41) is 8.62. The highest BCUT2D eigenvalue weighted by Crippen LogP contribution is 2.26. The SMILES string of the molecule is CC(C)Oc1ccc(-c2nc3c4ccccc4nc(Nc4ccccnc4=O)n3n2)cc1. The summed E-state index contributed by atoms with van der Waals surface area (Å²) in [6.45, 7) is 3.97. The van der Waals surface area contributed by atoms with Crippen LogP contribution in [0.1, 0.15) is 13.8 Å². The van der Waals surface area contributed by atoms with Crippen molar-refractivity contribution in [3.05, 3.63) is 83.3 Å². The fraction of sp³-hybridized carbons (Fsp3) is 0.125. The smallest absolute Gasteiger partial charge is 0.293 e. The van der Waals surface area contributed by atoms with Crippen molar-refractivity contribution in [2.45, 2.75) is 20.0 Å². The van der Waals surface area contributed by atoms with Gasteiger partial charge in [0.2, 0.25) is 5.95 Å². The summed E-state index contributed by atoms with van der Waals surface area (Å²) in [4.78, 5) is 25.6. The first-order valence-corrected chi connectivity index (χ1v) is 10.2. The number of para-hydroxylation sites is 1. The van der Waals surface area contributed by atoms with Crippen molar-refractivity contribution in [2.75, 3.05) is 5.32 Å². The fourth-order valence-corrected chi connectivity index (χ4v) is 3.38. The molecule has 5 aromatic rings. The van der Waals surface area contributed by atoms with Crippen LogP contribution in [0.2, 0.25) is 0 Å². The molecule has 8 heteroatoms. The fourth-order valence-electron chi connectivity index (χ4n) is 3.38. The molecule has 0 fully saturated rings. The normalized spacial score (nSPS) is 11.2. The Morgan fingerprint density at radius 2 is 1.72 bits per heavy atom. The maximum Gasteiger partial charge on any atom is 0.293 e. The van der Waals surface area contributed by atoms with Crippen LogP contribution < -0.4 is 15.6 Å². The molecule has 0 aliphatic carbocycles. The van der Waals surface area contributed by atoms with Gasteiger partial charge in [-0.1, -0.05) is 18.2 Å². The summed E-state index contributed by atoms with van der Waals surface area (Å²) in [7, 11) is 0. The Hall–Kier alpha value is -4.33. The zero-order valence-electron chi connectivity index (χ0n) is 17.6. The molecule has 3 heterocycles. The van der Waals surface area contributed by atoms with Crippen LogP contribution in [0.15, 0.2) is 77.7 Å². The Morgan fingerprint density at radius 1 is 0.938 bits per heavy atom. The molecule has 0 unspecified atom stereocenters. The number of benzene rings is 2. The Kier molecular flexibility index (Phi) is 4.95. The highest BCUT2D eigenvalue weighted by atomic mass is 16.5. The molecule has 0 saturated carbocycles. The van der Waals surface area contributed by atoms with Crippen molar-refractivity contribution >= 4 is 28.2 Å². The second-order valence-electron chi connectivity index (χ2n) is 7.49. The molecule has 32 heavy (non-hydrogen) atoms. The molecule has 0 spiro atoms. The zero-order valence-corrected chi connectivity index (χ0v) is 17.6. The number of anilines is 2. The van der Waals surface area contributed by atoms with E-state index in [1.807, 2.05) is 62.4 Å². The number of hydrogen-bond donors (Lipinski definition) is 1. The largest absolute Gasteiger partial charge is 0.491 e. The maximum atomic E-state index is 12.3. The summed E-state index contributed by atoms with van der Waals surface area (Å²) < 4.78 is 7.34. The third-order valence-corrected chi connectivity index (χ3v) is 4.79. The van der Waals surface area contributed by atoms with Crippen molar-refractivity contribution in [3.8, 4) is 17.1 Å². The molecule has 158 valence electrons. The number of ether oxygens (including phenoxy) is 1. The van der Waals surface area contributed by atoms with E-state index in [9.17, 15) is 4.79 Å². The van der Waals surface area contributed by atoms with Gasteiger partial charge in [-0.25, -0.2) is 15.0 Å². The molecule has 0 bridgehead atoms. The minimum Gasteiger partial charge on any atom is -0.491 e. The van der Waals surface area contributed by atoms with E-state index in [-0.39, 0.29) is 11.7 Å². The van der Waals surface area contributed by atoms with Crippen molar-refractivity contribution < 1.29 is 4.74 Å². The van der Waals surface area contributed by atoms with Crippen LogP contribution in [0, 0.1) is 0 Å². The zero-order chi connectivity index (χ0) is 22.1. The van der Waals surface area contributed by atoms with E-state index in [0.717, 1.165) is 22.2 Å². The molecule has 0 radical (unpaired) electrons. The molecule has 3 aromatic heterocycles. The van der Waals surface area contributed by atoms with Crippen LogP contribution >= 0.6 is 0 Å². The summed E-state index contributed by atoms with van der Waals surface area (Å²) in [6, 6.07) is 20.4. The highest BCUT2D eigenvalue weighted by molar-refractivity contribution is 5.93. The lowest BCUT2D eigenvalue weighted by molar-refractivity contribution is 0.242. The Bertz CT molecular complexity index is 1480. The van der Waals surface area contributed by atoms with Gasteiger partial charge in [0, 0.05) is 17.1 Å². The first kappa shape index (κ1) is 19.6. The van der Waals surface area contributed by atoms with Gasteiger partial charge >= 0.3 is 0 Å². The van der Waals surface area contributed by atoms with Crippen molar-refractivity contribution in [1.29, 1.82) is 0 Å². The predicted molar refractivity (Wildman–Crippen MR) is 123 cm³/mol. The van der Waals surface area contributed by atoms with Crippen LogP contribution in [0.3, 0.4) is 0 Å². The van der Waals surface area contributed by atoms with E-state index < -0.39 is 0 Å². The second-order valence-corrected chi connectivity index (χ2v) is 7.49. The van der Waals surface area contributed by atoms with Crippen LogP contribution in [0.4, 0.5) is 11.6 Å². The molecule has 0 saturated heterocycles. The van der Waals surface area contributed by atoms with Crippen LogP contribution in [0.5, 0.6) is 5.75 Å². The van der Waals surface area contributed by atoms with Crippen LogP contribution in [-0.4, -0.2) is 30.7 Å². The van der Waals surface area contributed by atoms with E-state index in [0.29, 0.717) is 23.1 Å². The summed E-state index contributed by atoms with van der Waals surface area (Å²) in [5.74, 6) is 1.71. The van der Waals surface area contributed by atoms with Gasteiger partial charge in [-0.15, -0.1) is 5.10 Å². The van der Waals surface area contributed by atoms with Gasteiger partial charge in [0.05, 0.1) is 11.6 Å². The van der Waals surface area contributed by atoms with Crippen molar-refractivity contribution in [1.82, 2.24) is 24.6 Å². The van der Waals surface area contributed by atoms with E-state index in [1.54, 1.807) is 22.7 Å². The highest BCUT2D eigenvalue weighted by Gasteiger charge is 2.15. The van der Waals surface area contributed by atoms with Gasteiger partial charge in [0.15, 0.2) is 11.5 Å². The van der Waals surface area contributed by atoms with Gasteiger partial charge in [-0.05, 0) is 62.4 Å². The Balaban J connectivity index is 1.65. The minimum absolute atomic E-state index is 0.0976. The minimum atomic E-state index is -0.390. The Labute approximate surface area is 183 Å². The second kappa shape index (κ2) is 8.07. The quantitative estimate of drug-likeness (QED) is 0.451. The van der Waals surface area contributed by atoms with E-state index >= 15 is 0 Å². The molecule has 1 N–H and O–H groups in total. The molecule has 0 atom stereocenters. The molecule has 0 aliphatic rings. The lowest BCUT2D eigenvalue weighted by Gasteiger charge is -2.09. The average molecular weight is 424 g/mol. The summed E-state index contributed by atoms with van der Waals surface area (Å²) >= 11 is 0. The lowest BCUT2D eigenvalue weighted by Crippen LogP contribution is -2.11. The molecule has 2 aromatic carbocycles. The van der Waals surface area contributed by atoms with Gasteiger partial charge in [-0.3, -0.25) is 4.79 Å². The van der Waals surface area contributed by atoms with Gasteiger partial charge in [0.1, 0.15) is 11.4 Å². The first-order chi connectivity index (χ1) is 15.6. The summed E-state index contributed by atoms with van der Waals surface area (Å²) in [5.41, 5.74) is 2.13. The van der Waals surface area contributed by atoms with Crippen LogP contribution in [0.25, 0.3) is 27.9 Å². The van der Waals surface area contributed by atoms with Crippen LogP contribution in [-0.2, 0) is 0 Å². The summed E-state index contributed by atoms with van der Waals surface area (Å²) in [6.07, 6.45) is 1.55. The predicted octanol–water partition coefficient (Wildman–Crippen LogP) is 4.23. The van der Waals surface area contributed by atoms with E-state index in [4.69, 9.17) is 9.72 Å². The monoisotopic (exact) mass is 424 g/mol. The van der Waals surface area contributed by atoms with E-state index in [1.165, 1.54) is 6.20 Å². The Morgan fingerprint density at radius 3 is 2.53 bits per heavy atom. The molecular weight excluding hydrogens is 404 g/mol. The number of fused-ring (bicyclic) bond motifs is 3. The first-order valence-electron chi connectivity index (χ1n) is 10.2. The van der Waals surface area contributed by atoms with Gasteiger partial charge in [0.25, 0.3) is 5.56 Å². The lowest BCUT2D eigenvalue weighted by atomic mass is 10.2. The van der Waals surface area contributed by atoms with E-state index in [2.05, 4.69) is 20.4 Å². The van der Waals surface area contributed by atoms with Crippen molar-refractivity contribution in [2.24, 2.45) is 0 Å². The maximum absolute atomic E-state index is 12.3. The number of nitrogens with zero attached hydrogens (tertiary/aromatic N) is 5. The number of nitrogens with one attached hydrogen (secondary N) is 1. The van der Waals surface area contributed by atoms with Gasteiger partial charge < -0.3 is 10.1 Å². The third-order valence-electron chi connectivity index (χ3n) is 4.79. The molecular formula is C24H20N6O2. The third kappa shape index (κ3) is 3.74. The number of hydrogen-bond acceptors (Lipinski definition) is 7. The molecule has 0 amide bonds. The average Bonchev–Trinajstić information content (AvgIpc) is 3.14. The number of aromatic nitrogens is 5. The topological polar surface area (TPSA) is 94.3 Å². The number of rotatable bonds is 5. The standard InChI is InChI=1S/C24H20N6O2/c1-15(2)32-17-12-10-16(11-13-17)21-28-22-18-7-3-4-8-19(18)26-24(30(22)29-21)27-20-9-5-6-14-25-23(20)31/h3-15H,1-2H3,(H,25,26,27,31).